The summed E-state index contributed by atoms with van der Waals surface area (Å²) in [5, 5.41) is 6.24. The molecule has 1 amide bonds. The van der Waals surface area contributed by atoms with E-state index in [9.17, 15) is 13.6 Å². The highest BCUT2D eigenvalue weighted by molar-refractivity contribution is 5.81. The number of halogens is 2. The molecule has 1 unspecified atom stereocenters. The van der Waals surface area contributed by atoms with Gasteiger partial charge in [0, 0.05) is 69.9 Å². The monoisotopic (exact) mass is 407 g/mol. The molecule has 0 spiro atoms. The zero-order chi connectivity index (χ0) is 20.8. The van der Waals surface area contributed by atoms with Gasteiger partial charge in [-0.25, -0.2) is 8.78 Å². The van der Waals surface area contributed by atoms with Crippen LogP contribution < -0.4 is 10.6 Å². The second-order valence-corrected chi connectivity index (χ2v) is 7.65. The van der Waals surface area contributed by atoms with Crippen molar-refractivity contribution in [1.29, 1.82) is 0 Å². The standard InChI is InChI=1S/C21H31F2N5O/c1-3-19(17-7-6-16(22)14-18(17)23)27-10-12-28(13-11-27)21(24-2)26-9-8-25-20(29)15-4-5-15/h6-7,14-15,19H,3-5,8-13H2,1-2H3,(H,24,26)(H,25,29). The van der Waals surface area contributed by atoms with E-state index in [4.69, 9.17) is 0 Å². The summed E-state index contributed by atoms with van der Waals surface area (Å²) < 4.78 is 27.5. The van der Waals surface area contributed by atoms with Gasteiger partial charge in [0.15, 0.2) is 5.96 Å². The molecule has 1 aliphatic carbocycles. The minimum Gasteiger partial charge on any atom is -0.354 e. The molecular weight excluding hydrogens is 376 g/mol. The van der Waals surface area contributed by atoms with Crippen LogP contribution in [0.3, 0.4) is 0 Å². The zero-order valence-electron chi connectivity index (χ0n) is 17.3. The molecule has 8 heteroatoms. The van der Waals surface area contributed by atoms with E-state index in [1.54, 1.807) is 13.1 Å². The van der Waals surface area contributed by atoms with Crippen molar-refractivity contribution in [2.24, 2.45) is 10.9 Å². The SMILES string of the molecule is CCC(c1ccc(F)cc1F)N1CCN(C(=NC)NCCNC(=O)C2CC2)CC1. The predicted molar refractivity (Wildman–Crippen MR) is 110 cm³/mol. The average Bonchev–Trinajstić information content (AvgIpc) is 3.56. The first kappa shape index (κ1) is 21.5. The quantitative estimate of drug-likeness (QED) is 0.413. The van der Waals surface area contributed by atoms with Gasteiger partial charge in [-0.05, 0) is 25.3 Å². The molecule has 1 aliphatic heterocycles. The number of carbonyl (C=O) groups excluding carboxylic acids is 1. The molecule has 1 aromatic rings. The summed E-state index contributed by atoms with van der Waals surface area (Å²) in [7, 11) is 1.75. The summed E-state index contributed by atoms with van der Waals surface area (Å²) >= 11 is 0. The van der Waals surface area contributed by atoms with Gasteiger partial charge in [-0.1, -0.05) is 13.0 Å². The molecule has 3 rings (SSSR count). The molecule has 29 heavy (non-hydrogen) atoms. The van der Waals surface area contributed by atoms with Gasteiger partial charge in [0.25, 0.3) is 0 Å². The van der Waals surface area contributed by atoms with Crippen LogP contribution in [0.5, 0.6) is 0 Å². The molecule has 0 bridgehead atoms. The molecule has 2 fully saturated rings. The third-order valence-corrected chi connectivity index (χ3v) is 5.63. The Morgan fingerprint density at radius 2 is 1.86 bits per heavy atom. The van der Waals surface area contributed by atoms with Crippen LogP contribution in [-0.2, 0) is 4.79 Å². The van der Waals surface area contributed by atoms with Gasteiger partial charge >= 0.3 is 0 Å². The number of aliphatic imine (C=N–C) groups is 1. The Balaban J connectivity index is 1.48. The lowest BCUT2D eigenvalue weighted by molar-refractivity contribution is -0.122. The molecule has 1 atom stereocenters. The van der Waals surface area contributed by atoms with Crippen molar-refractivity contribution in [3.63, 3.8) is 0 Å². The molecule has 160 valence electrons. The second-order valence-electron chi connectivity index (χ2n) is 7.65. The number of carbonyl (C=O) groups is 1. The van der Waals surface area contributed by atoms with Crippen molar-refractivity contribution < 1.29 is 13.6 Å². The Hall–Kier alpha value is -2.22. The van der Waals surface area contributed by atoms with E-state index in [1.165, 1.54) is 6.07 Å². The van der Waals surface area contributed by atoms with Gasteiger partial charge in [0.05, 0.1) is 0 Å². The molecule has 2 aliphatic rings. The van der Waals surface area contributed by atoms with Crippen LogP contribution in [0.1, 0.15) is 37.8 Å². The number of nitrogens with one attached hydrogen (secondary N) is 2. The van der Waals surface area contributed by atoms with Gasteiger partial charge in [-0.15, -0.1) is 0 Å². The van der Waals surface area contributed by atoms with Crippen molar-refractivity contribution in [1.82, 2.24) is 20.4 Å². The third kappa shape index (κ3) is 5.65. The maximum absolute atomic E-state index is 14.2. The first-order valence-electron chi connectivity index (χ1n) is 10.5. The van der Waals surface area contributed by atoms with Crippen molar-refractivity contribution in [3.05, 3.63) is 35.4 Å². The normalized spacial score (nSPS) is 19.2. The lowest BCUT2D eigenvalue weighted by Crippen LogP contribution is -2.53. The maximum Gasteiger partial charge on any atom is 0.223 e. The van der Waals surface area contributed by atoms with Crippen LogP contribution >= 0.6 is 0 Å². The molecular formula is C21H31F2N5O. The van der Waals surface area contributed by atoms with Gasteiger partial charge in [-0.2, -0.15) is 0 Å². The molecule has 1 heterocycles. The Bertz CT molecular complexity index is 730. The number of amides is 1. The van der Waals surface area contributed by atoms with E-state index in [0.717, 1.165) is 57.5 Å². The van der Waals surface area contributed by atoms with E-state index in [1.807, 2.05) is 6.92 Å². The highest BCUT2D eigenvalue weighted by atomic mass is 19.1. The topological polar surface area (TPSA) is 60.0 Å². The molecule has 0 aromatic heterocycles. The summed E-state index contributed by atoms with van der Waals surface area (Å²) in [6.45, 7) is 6.32. The van der Waals surface area contributed by atoms with Crippen LogP contribution in [0.2, 0.25) is 0 Å². The molecule has 1 saturated carbocycles. The number of guanidine groups is 1. The summed E-state index contributed by atoms with van der Waals surface area (Å²) in [6, 6.07) is 3.78. The molecule has 1 aromatic carbocycles. The number of nitrogens with zero attached hydrogens (tertiary/aromatic N) is 3. The molecule has 1 saturated heterocycles. The van der Waals surface area contributed by atoms with Gasteiger partial charge in [0.1, 0.15) is 11.6 Å². The highest BCUT2D eigenvalue weighted by Crippen LogP contribution is 2.29. The van der Waals surface area contributed by atoms with E-state index < -0.39 is 11.6 Å². The van der Waals surface area contributed by atoms with E-state index in [0.29, 0.717) is 18.7 Å². The van der Waals surface area contributed by atoms with Crippen molar-refractivity contribution in [2.45, 2.75) is 32.2 Å². The van der Waals surface area contributed by atoms with Crippen LogP contribution in [0, 0.1) is 17.6 Å². The largest absolute Gasteiger partial charge is 0.354 e. The predicted octanol–water partition coefficient (Wildman–Crippen LogP) is 2.14. The summed E-state index contributed by atoms with van der Waals surface area (Å²) in [6.07, 6.45) is 2.77. The van der Waals surface area contributed by atoms with Gasteiger partial charge in [0.2, 0.25) is 5.91 Å². The van der Waals surface area contributed by atoms with Crippen molar-refractivity contribution in [2.75, 3.05) is 46.3 Å². The van der Waals surface area contributed by atoms with Crippen LogP contribution in [0.15, 0.2) is 23.2 Å². The molecule has 0 radical (unpaired) electrons. The van der Waals surface area contributed by atoms with Crippen LogP contribution in [0.25, 0.3) is 0 Å². The van der Waals surface area contributed by atoms with Gasteiger partial charge < -0.3 is 15.5 Å². The number of rotatable bonds is 7. The van der Waals surface area contributed by atoms with E-state index >= 15 is 0 Å². The van der Waals surface area contributed by atoms with E-state index in [-0.39, 0.29) is 17.9 Å². The second kappa shape index (κ2) is 10.0. The smallest absolute Gasteiger partial charge is 0.223 e. The zero-order valence-corrected chi connectivity index (χ0v) is 17.3. The lowest BCUT2D eigenvalue weighted by Gasteiger charge is -2.40. The van der Waals surface area contributed by atoms with Crippen LogP contribution in [-0.4, -0.2) is 68.0 Å². The van der Waals surface area contributed by atoms with Gasteiger partial charge in [-0.3, -0.25) is 14.7 Å². The number of benzene rings is 1. The van der Waals surface area contributed by atoms with Crippen LogP contribution in [0.4, 0.5) is 8.78 Å². The number of piperazine rings is 1. The molecule has 6 nitrogen and oxygen atoms in total. The number of hydrogen-bond acceptors (Lipinski definition) is 3. The van der Waals surface area contributed by atoms with Crippen molar-refractivity contribution >= 4 is 11.9 Å². The summed E-state index contributed by atoms with van der Waals surface area (Å²) in [4.78, 5) is 20.4. The summed E-state index contributed by atoms with van der Waals surface area (Å²) in [5.74, 6) is 0.152. The number of hydrogen-bond donors (Lipinski definition) is 2. The Kier molecular flexibility index (Phi) is 7.41. The Morgan fingerprint density at radius 1 is 1.17 bits per heavy atom. The minimum atomic E-state index is -0.547. The lowest BCUT2D eigenvalue weighted by atomic mass is 10.0. The first-order valence-corrected chi connectivity index (χ1v) is 10.5. The molecule has 2 N–H and O–H groups in total. The third-order valence-electron chi connectivity index (χ3n) is 5.63. The average molecular weight is 408 g/mol. The summed E-state index contributed by atoms with van der Waals surface area (Å²) in [5.41, 5.74) is 0.552. The maximum atomic E-state index is 14.2. The fourth-order valence-electron chi connectivity index (χ4n) is 3.87. The van der Waals surface area contributed by atoms with Crippen molar-refractivity contribution in [3.8, 4) is 0 Å². The Morgan fingerprint density at radius 3 is 2.45 bits per heavy atom. The fourth-order valence-corrected chi connectivity index (χ4v) is 3.87. The fraction of sp³-hybridized carbons (Fsp3) is 0.619. The minimum absolute atomic E-state index is 0.0645. The highest BCUT2D eigenvalue weighted by Gasteiger charge is 2.29. The Labute approximate surface area is 171 Å². The first-order chi connectivity index (χ1) is 14.0. The van der Waals surface area contributed by atoms with E-state index in [2.05, 4.69) is 25.4 Å².